The fraction of sp³-hybridized carbons (Fsp3) is 0.455. The molecule has 0 aliphatic heterocycles. The van der Waals surface area contributed by atoms with Crippen molar-refractivity contribution in [3.63, 3.8) is 0 Å². The van der Waals surface area contributed by atoms with Crippen LogP contribution >= 0.6 is 11.8 Å². The maximum absolute atomic E-state index is 12.0. The Labute approximate surface area is 165 Å². The normalized spacial score (nSPS) is 15.7. The van der Waals surface area contributed by atoms with Gasteiger partial charge in [-0.15, -0.1) is 11.8 Å². The van der Waals surface area contributed by atoms with Gasteiger partial charge in [-0.1, -0.05) is 62.4 Å². The van der Waals surface area contributed by atoms with Gasteiger partial charge in [-0.2, -0.15) is 0 Å². The van der Waals surface area contributed by atoms with Crippen LogP contribution in [-0.4, -0.2) is 30.3 Å². The molecule has 0 atom stereocenters. The minimum atomic E-state index is -0.360. The number of benzene rings is 2. The van der Waals surface area contributed by atoms with Crippen molar-refractivity contribution in [2.45, 2.75) is 55.9 Å². The van der Waals surface area contributed by atoms with E-state index in [1.807, 2.05) is 24.3 Å². The molecule has 1 fully saturated rings. The van der Waals surface area contributed by atoms with E-state index in [2.05, 4.69) is 23.5 Å². The first-order valence-corrected chi connectivity index (χ1v) is 10.8. The third kappa shape index (κ3) is 6.58. The molecule has 27 heavy (non-hydrogen) atoms. The van der Waals surface area contributed by atoms with Crippen molar-refractivity contribution in [2.75, 3.05) is 12.4 Å². The molecule has 3 rings (SSSR count). The van der Waals surface area contributed by atoms with E-state index in [-0.39, 0.29) is 30.3 Å². The highest BCUT2D eigenvalue weighted by Crippen LogP contribution is 2.23. The Hall–Kier alpha value is -2.01. The monoisotopic (exact) mass is 385 g/mol. The van der Waals surface area contributed by atoms with Gasteiger partial charge in [0.05, 0.1) is 5.75 Å². The van der Waals surface area contributed by atoms with Crippen molar-refractivity contribution in [3.8, 4) is 0 Å². The van der Waals surface area contributed by atoms with E-state index in [1.165, 1.54) is 36.4 Å². The minimum absolute atomic E-state index is 0.187. The highest BCUT2D eigenvalue weighted by Gasteiger charge is 2.15. The van der Waals surface area contributed by atoms with Crippen molar-refractivity contribution in [3.05, 3.63) is 42.5 Å². The fourth-order valence-corrected chi connectivity index (χ4v) is 4.20. The number of nitrogens with one attached hydrogen (secondary N) is 1. The molecule has 0 saturated heterocycles. The predicted molar refractivity (Wildman–Crippen MR) is 110 cm³/mol. The predicted octanol–water partition coefficient (Wildman–Crippen LogP) is 4.70. The number of esters is 1. The first-order valence-electron chi connectivity index (χ1n) is 9.77. The third-order valence-corrected chi connectivity index (χ3v) is 5.88. The average molecular weight is 386 g/mol. The molecule has 4 nitrogen and oxygen atoms in total. The number of ether oxygens (including phenoxy) is 1. The zero-order valence-electron chi connectivity index (χ0n) is 15.6. The summed E-state index contributed by atoms with van der Waals surface area (Å²) in [5, 5.41) is 5.34. The number of hydrogen-bond donors (Lipinski definition) is 1. The van der Waals surface area contributed by atoms with E-state index >= 15 is 0 Å². The van der Waals surface area contributed by atoms with E-state index in [0.717, 1.165) is 36.0 Å². The van der Waals surface area contributed by atoms with Crippen molar-refractivity contribution < 1.29 is 14.3 Å². The van der Waals surface area contributed by atoms with Gasteiger partial charge in [0.1, 0.15) is 0 Å². The van der Waals surface area contributed by atoms with E-state index in [9.17, 15) is 9.59 Å². The minimum Gasteiger partial charge on any atom is -0.455 e. The summed E-state index contributed by atoms with van der Waals surface area (Å²) in [5.41, 5.74) is 0. The van der Waals surface area contributed by atoms with Crippen LogP contribution in [0.4, 0.5) is 0 Å². The summed E-state index contributed by atoms with van der Waals surface area (Å²) in [6, 6.07) is 14.5. The van der Waals surface area contributed by atoms with Gasteiger partial charge in [0.15, 0.2) is 6.61 Å². The second-order valence-corrected chi connectivity index (χ2v) is 8.12. The number of hydrogen-bond acceptors (Lipinski definition) is 4. The zero-order valence-corrected chi connectivity index (χ0v) is 16.4. The molecular formula is C22H27NO3S. The standard InChI is InChI=1S/C22H27NO3S/c24-21(23-19-10-4-2-1-3-5-11-19)15-26-22(25)16-27-20-13-12-17-8-6-7-9-18(17)14-20/h6-9,12-14,19H,1-5,10-11,15-16H2,(H,23,24). The largest absolute Gasteiger partial charge is 0.455 e. The molecule has 2 aromatic rings. The van der Waals surface area contributed by atoms with Gasteiger partial charge in [0.2, 0.25) is 0 Å². The Morgan fingerprint density at radius 3 is 2.44 bits per heavy atom. The molecule has 0 unspecified atom stereocenters. The number of amides is 1. The Kier molecular flexibility index (Phi) is 7.57. The Bertz CT molecular complexity index is 769. The number of carbonyl (C=O) groups excluding carboxylic acids is 2. The fourth-order valence-electron chi connectivity index (χ4n) is 3.46. The van der Waals surface area contributed by atoms with Crippen LogP contribution in [-0.2, 0) is 14.3 Å². The maximum Gasteiger partial charge on any atom is 0.316 e. The van der Waals surface area contributed by atoms with Crippen molar-refractivity contribution in [1.82, 2.24) is 5.32 Å². The summed E-state index contributed by atoms with van der Waals surface area (Å²) in [6.07, 6.45) is 8.16. The molecule has 1 aliphatic carbocycles. The van der Waals surface area contributed by atoms with Crippen LogP contribution in [0.25, 0.3) is 10.8 Å². The summed E-state index contributed by atoms with van der Waals surface area (Å²) in [4.78, 5) is 25.0. The van der Waals surface area contributed by atoms with Gasteiger partial charge >= 0.3 is 5.97 Å². The molecule has 1 N–H and O–H groups in total. The SMILES string of the molecule is O=C(COC(=O)CSc1ccc2ccccc2c1)NC1CCCCCCC1. The molecule has 1 aliphatic rings. The van der Waals surface area contributed by atoms with Crippen LogP contribution in [0.2, 0.25) is 0 Å². The number of rotatable bonds is 6. The van der Waals surface area contributed by atoms with Crippen LogP contribution < -0.4 is 5.32 Å². The first kappa shape index (κ1) is 19.7. The smallest absolute Gasteiger partial charge is 0.316 e. The summed E-state index contributed by atoms with van der Waals surface area (Å²) in [5.74, 6) is -0.347. The zero-order chi connectivity index (χ0) is 18.9. The Morgan fingerprint density at radius 2 is 1.67 bits per heavy atom. The summed E-state index contributed by atoms with van der Waals surface area (Å²) >= 11 is 1.43. The molecule has 144 valence electrons. The van der Waals surface area contributed by atoms with Crippen LogP contribution in [0.3, 0.4) is 0 Å². The lowest BCUT2D eigenvalue weighted by molar-refractivity contribution is -0.146. The van der Waals surface area contributed by atoms with E-state index in [1.54, 1.807) is 0 Å². The molecule has 5 heteroatoms. The summed E-state index contributed by atoms with van der Waals surface area (Å²) in [6.45, 7) is -0.187. The molecule has 1 amide bonds. The maximum atomic E-state index is 12.0. The quantitative estimate of drug-likeness (QED) is 0.578. The highest BCUT2D eigenvalue weighted by molar-refractivity contribution is 8.00. The molecule has 0 aromatic heterocycles. The lowest BCUT2D eigenvalue weighted by Gasteiger charge is -2.20. The van der Waals surface area contributed by atoms with Crippen LogP contribution in [0.5, 0.6) is 0 Å². The Morgan fingerprint density at radius 1 is 0.963 bits per heavy atom. The van der Waals surface area contributed by atoms with Gasteiger partial charge in [-0.05, 0) is 35.7 Å². The second kappa shape index (κ2) is 10.4. The molecular weight excluding hydrogens is 358 g/mol. The molecule has 0 bridgehead atoms. The van der Waals surface area contributed by atoms with Crippen molar-refractivity contribution >= 4 is 34.4 Å². The van der Waals surface area contributed by atoms with Gasteiger partial charge in [-0.3, -0.25) is 9.59 Å². The molecule has 1 saturated carbocycles. The average Bonchev–Trinajstić information content (AvgIpc) is 2.66. The topological polar surface area (TPSA) is 55.4 Å². The number of fused-ring (bicyclic) bond motifs is 1. The highest BCUT2D eigenvalue weighted by atomic mass is 32.2. The van der Waals surface area contributed by atoms with Crippen LogP contribution in [0, 0.1) is 0 Å². The second-order valence-electron chi connectivity index (χ2n) is 7.07. The van der Waals surface area contributed by atoms with E-state index in [4.69, 9.17) is 4.74 Å². The molecule has 0 radical (unpaired) electrons. The van der Waals surface area contributed by atoms with Crippen LogP contribution in [0.15, 0.2) is 47.4 Å². The van der Waals surface area contributed by atoms with Gasteiger partial charge in [-0.25, -0.2) is 0 Å². The third-order valence-electron chi connectivity index (χ3n) is 4.91. The lowest BCUT2D eigenvalue weighted by atomic mass is 9.97. The van der Waals surface area contributed by atoms with Gasteiger partial charge in [0, 0.05) is 10.9 Å². The van der Waals surface area contributed by atoms with Crippen molar-refractivity contribution in [1.29, 1.82) is 0 Å². The summed E-state index contributed by atoms with van der Waals surface area (Å²) < 4.78 is 5.14. The van der Waals surface area contributed by atoms with Crippen molar-refractivity contribution in [2.24, 2.45) is 0 Å². The molecule has 0 heterocycles. The molecule has 2 aromatic carbocycles. The van der Waals surface area contributed by atoms with Gasteiger partial charge < -0.3 is 10.1 Å². The summed E-state index contributed by atoms with van der Waals surface area (Å²) in [7, 11) is 0. The van der Waals surface area contributed by atoms with E-state index < -0.39 is 0 Å². The van der Waals surface area contributed by atoms with E-state index in [0.29, 0.717) is 0 Å². The number of thioether (sulfide) groups is 1. The molecule has 0 spiro atoms. The van der Waals surface area contributed by atoms with Gasteiger partial charge in [0.25, 0.3) is 5.91 Å². The Balaban J connectivity index is 1.38. The first-order chi connectivity index (χ1) is 13.2. The number of carbonyl (C=O) groups is 2. The van der Waals surface area contributed by atoms with Crippen LogP contribution in [0.1, 0.15) is 44.9 Å². The lowest BCUT2D eigenvalue weighted by Crippen LogP contribution is -2.38.